The molecular weight excluding hydrogens is 755 g/mol. The van der Waals surface area contributed by atoms with Gasteiger partial charge in [-0.3, -0.25) is 9.59 Å². The van der Waals surface area contributed by atoms with E-state index in [-0.39, 0.29) is 24.9 Å². The fourth-order valence-electron chi connectivity index (χ4n) is 6.70. The lowest BCUT2D eigenvalue weighted by molar-refractivity contribution is -0.151. The summed E-state index contributed by atoms with van der Waals surface area (Å²) in [6.45, 7) is 6.20. The molecule has 0 radical (unpaired) electrons. The first-order valence-corrected chi connectivity index (χ1v) is 24.6. The van der Waals surface area contributed by atoms with Gasteiger partial charge in [0.2, 0.25) is 5.91 Å². The van der Waals surface area contributed by atoms with E-state index in [4.69, 9.17) is 4.74 Å². The smallest absolute Gasteiger partial charge is 0.306 e. The van der Waals surface area contributed by atoms with Crippen molar-refractivity contribution in [1.29, 1.82) is 0 Å². The van der Waals surface area contributed by atoms with E-state index >= 15 is 0 Å². The summed E-state index contributed by atoms with van der Waals surface area (Å²) in [6, 6.07) is -0.736. The van der Waals surface area contributed by atoms with Gasteiger partial charge in [0.25, 0.3) is 0 Å². The van der Waals surface area contributed by atoms with Crippen LogP contribution in [0.5, 0.6) is 0 Å². The zero-order valence-electron chi connectivity index (χ0n) is 39.2. The van der Waals surface area contributed by atoms with Gasteiger partial charge in [0, 0.05) is 6.42 Å². The molecule has 0 spiro atoms. The van der Waals surface area contributed by atoms with Crippen molar-refractivity contribution in [2.24, 2.45) is 0 Å². The fraction of sp³-hybridized carbons (Fsp3) is 0.636. The monoisotopic (exact) mass is 846 g/mol. The Kier molecular flexibility index (Phi) is 44.9. The molecule has 1 amide bonds. The molecular formula is C55H91NO5. The molecule has 0 saturated heterocycles. The first-order chi connectivity index (χ1) is 30.0. The molecule has 0 bridgehead atoms. The lowest BCUT2D eigenvalue weighted by atomic mass is 10.0. The van der Waals surface area contributed by atoms with E-state index < -0.39 is 18.2 Å². The number of aliphatic hydroxyl groups is 2. The molecule has 0 aromatic carbocycles. The third-order valence-electron chi connectivity index (χ3n) is 10.3. The molecule has 0 aliphatic heterocycles. The molecule has 0 rings (SSSR count). The average Bonchev–Trinajstić information content (AvgIpc) is 3.25. The topological polar surface area (TPSA) is 95.9 Å². The number of nitrogens with one attached hydrogen (secondary N) is 1. The van der Waals surface area contributed by atoms with Crippen molar-refractivity contribution in [1.82, 2.24) is 5.32 Å². The van der Waals surface area contributed by atoms with Crippen LogP contribution in [-0.4, -0.2) is 46.9 Å². The van der Waals surface area contributed by atoms with Crippen molar-refractivity contribution < 1.29 is 24.5 Å². The van der Waals surface area contributed by atoms with Gasteiger partial charge >= 0.3 is 5.97 Å². The van der Waals surface area contributed by atoms with E-state index in [0.29, 0.717) is 25.7 Å². The molecule has 0 aliphatic carbocycles. The molecule has 3 unspecified atom stereocenters. The van der Waals surface area contributed by atoms with Gasteiger partial charge < -0.3 is 20.3 Å². The minimum absolute atomic E-state index is 0.0103. The van der Waals surface area contributed by atoms with Crippen LogP contribution >= 0.6 is 0 Å². The summed E-state index contributed by atoms with van der Waals surface area (Å²) >= 11 is 0. The lowest BCUT2D eigenvalue weighted by Gasteiger charge is -2.24. The molecule has 3 atom stereocenters. The SMILES string of the molecule is CC/C=C\C/C=C\C/C=C\C/C=C\C/C=C\CCCC(=O)OC(CCC/C=C/C/C=C/C/C=C/C/C=C/CC)CC(=O)NC(CO)C(O)CCCCCCCCCCCCC. The molecule has 0 saturated carbocycles. The Labute approximate surface area is 375 Å². The van der Waals surface area contributed by atoms with E-state index in [0.717, 1.165) is 96.3 Å². The molecule has 61 heavy (non-hydrogen) atoms. The molecule has 3 N–H and O–H groups in total. The normalized spacial score (nSPS) is 14.2. The predicted octanol–water partition coefficient (Wildman–Crippen LogP) is 14.7. The summed E-state index contributed by atoms with van der Waals surface area (Å²) < 4.78 is 5.86. The van der Waals surface area contributed by atoms with Crippen LogP contribution in [0.3, 0.4) is 0 Å². The van der Waals surface area contributed by atoms with Crippen LogP contribution < -0.4 is 5.32 Å². The third-order valence-corrected chi connectivity index (χ3v) is 10.3. The zero-order chi connectivity index (χ0) is 44.5. The number of hydrogen-bond acceptors (Lipinski definition) is 5. The van der Waals surface area contributed by atoms with Crippen LogP contribution in [0.4, 0.5) is 0 Å². The number of allylic oxidation sites excluding steroid dienone is 18. The van der Waals surface area contributed by atoms with E-state index in [1.807, 2.05) is 0 Å². The van der Waals surface area contributed by atoms with E-state index in [9.17, 15) is 19.8 Å². The Morgan fingerprint density at radius 1 is 0.492 bits per heavy atom. The first kappa shape index (κ1) is 57.5. The second-order valence-electron chi connectivity index (χ2n) is 16.1. The Morgan fingerprint density at radius 2 is 0.885 bits per heavy atom. The summed E-state index contributed by atoms with van der Waals surface area (Å²) in [5.41, 5.74) is 0. The van der Waals surface area contributed by atoms with Crippen molar-refractivity contribution in [3.8, 4) is 0 Å². The standard InChI is InChI=1S/C55H91NO5/c1-4-7-10-13-16-19-22-24-26-27-28-30-33-36-39-42-45-48-55(60)61-51(46-43-40-37-34-32-29-25-23-20-17-14-11-8-5-2)49-54(59)56-52(50-57)53(58)47-44-41-38-35-31-21-18-15-12-9-6-3/h7-8,10-11,16-17,19-20,24-26,28-30,34,36-37,39,51-53,57-58H,4-6,9,12-15,18,21-23,27,31-33,35,38,40-50H2,1-3H3,(H,56,59)/b10-7-,11-8+,19-16-,20-17+,26-24-,29-25+,30-28-,37-34+,39-36-. The van der Waals surface area contributed by atoms with Crippen LogP contribution in [0.2, 0.25) is 0 Å². The molecule has 0 fully saturated rings. The molecule has 0 heterocycles. The minimum atomic E-state index is -0.817. The van der Waals surface area contributed by atoms with Gasteiger partial charge in [-0.15, -0.1) is 0 Å². The summed E-state index contributed by atoms with van der Waals surface area (Å²) in [5, 5.41) is 23.7. The van der Waals surface area contributed by atoms with Gasteiger partial charge in [-0.05, 0) is 96.3 Å². The summed E-state index contributed by atoms with van der Waals surface area (Å²) in [4.78, 5) is 26.1. The number of ether oxygens (including phenoxy) is 1. The van der Waals surface area contributed by atoms with Crippen molar-refractivity contribution in [3.63, 3.8) is 0 Å². The summed E-state index contributed by atoms with van der Waals surface area (Å²) in [6.07, 6.45) is 64.4. The summed E-state index contributed by atoms with van der Waals surface area (Å²) in [7, 11) is 0. The molecule has 6 nitrogen and oxygen atoms in total. The Hall–Kier alpha value is -3.48. The van der Waals surface area contributed by atoms with Crippen molar-refractivity contribution in [2.45, 2.75) is 219 Å². The molecule has 0 aliphatic rings. The van der Waals surface area contributed by atoms with Gasteiger partial charge in [-0.2, -0.15) is 0 Å². The maximum atomic E-state index is 13.2. The predicted molar refractivity (Wildman–Crippen MR) is 263 cm³/mol. The molecule has 0 aromatic rings. The van der Waals surface area contributed by atoms with E-state index in [1.165, 1.54) is 51.4 Å². The highest BCUT2D eigenvalue weighted by atomic mass is 16.5. The number of esters is 1. The Morgan fingerprint density at radius 3 is 1.31 bits per heavy atom. The maximum absolute atomic E-state index is 13.2. The average molecular weight is 846 g/mol. The molecule has 346 valence electrons. The highest BCUT2D eigenvalue weighted by Gasteiger charge is 2.23. The van der Waals surface area contributed by atoms with Crippen LogP contribution in [0.15, 0.2) is 109 Å². The number of amides is 1. The molecule has 6 heteroatoms. The largest absolute Gasteiger partial charge is 0.462 e. The lowest BCUT2D eigenvalue weighted by Crippen LogP contribution is -2.46. The number of aliphatic hydroxyl groups excluding tert-OH is 2. The van der Waals surface area contributed by atoms with Crippen molar-refractivity contribution in [3.05, 3.63) is 109 Å². The third kappa shape index (κ3) is 43.0. The number of carbonyl (C=O) groups is 2. The quantitative estimate of drug-likeness (QED) is 0.0323. The fourth-order valence-corrected chi connectivity index (χ4v) is 6.70. The second-order valence-corrected chi connectivity index (χ2v) is 16.1. The first-order valence-electron chi connectivity index (χ1n) is 24.6. The maximum Gasteiger partial charge on any atom is 0.306 e. The second kappa shape index (κ2) is 47.6. The van der Waals surface area contributed by atoms with E-state index in [1.54, 1.807) is 0 Å². The summed E-state index contributed by atoms with van der Waals surface area (Å²) in [5.74, 6) is -0.610. The van der Waals surface area contributed by atoms with E-state index in [2.05, 4.69) is 135 Å². The van der Waals surface area contributed by atoms with Gasteiger partial charge in [0.15, 0.2) is 0 Å². The van der Waals surface area contributed by atoms with Gasteiger partial charge in [0.1, 0.15) is 6.10 Å². The van der Waals surface area contributed by atoms with Gasteiger partial charge in [0.05, 0.1) is 25.2 Å². The number of carbonyl (C=O) groups excluding carboxylic acids is 2. The van der Waals surface area contributed by atoms with Crippen molar-refractivity contribution >= 4 is 11.9 Å². The number of rotatable bonds is 42. The molecule has 0 aromatic heterocycles. The zero-order valence-corrected chi connectivity index (χ0v) is 39.2. The Balaban J connectivity index is 4.80. The highest BCUT2D eigenvalue weighted by molar-refractivity contribution is 5.77. The van der Waals surface area contributed by atoms with Crippen LogP contribution in [-0.2, 0) is 14.3 Å². The highest BCUT2D eigenvalue weighted by Crippen LogP contribution is 2.16. The van der Waals surface area contributed by atoms with Crippen LogP contribution in [0, 0.1) is 0 Å². The van der Waals surface area contributed by atoms with Crippen LogP contribution in [0.25, 0.3) is 0 Å². The van der Waals surface area contributed by atoms with Gasteiger partial charge in [-0.1, -0.05) is 201 Å². The number of hydrogen-bond donors (Lipinski definition) is 3. The van der Waals surface area contributed by atoms with Crippen LogP contribution in [0.1, 0.15) is 201 Å². The Bertz CT molecular complexity index is 1270. The van der Waals surface area contributed by atoms with Gasteiger partial charge in [-0.25, -0.2) is 0 Å². The minimum Gasteiger partial charge on any atom is -0.462 e. The van der Waals surface area contributed by atoms with Crippen molar-refractivity contribution in [2.75, 3.05) is 6.61 Å². The number of unbranched alkanes of at least 4 members (excludes halogenated alkanes) is 12.